The molecule has 2 aromatic carbocycles. The molecule has 2 nitrogen and oxygen atoms in total. The van der Waals surface area contributed by atoms with E-state index in [1.807, 2.05) is 49.4 Å². The van der Waals surface area contributed by atoms with Crippen molar-refractivity contribution in [1.29, 1.82) is 0 Å². The molecule has 0 spiro atoms. The molecule has 102 valence electrons. The Labute approximate surface area is 127 Å². The van der Waals surface area contributed by atoms with Crippen LogP contribution < -0.4 is 5.32 Å². The van der Waals surface area contributed by atoms with Crippen LogP contribution in [0.3, 0.4) is 0 Å². The molecule has 3 aromatic rings. The molecule has 2 N–H and O–H groups in total. The van der Waals surface area contributed by atoms with Gasteiger partial charge in [-0.05, 0) is 30.7 Å². The second-order valence-corrected chi connectivity index (χ2v) is 5.59. The van der Waals surface area contributed by atoms with Gasteiger partial charge in [0.25, 0.3) is 0 Å². The Bertz CT molecular complexity index is 762. The molecule has 1 heterocycles. The van der Waals surface area contributed by atoms with Crippen molar-refractivity contribution in [3.8, 4) is 0 Å². The van der Waals surface area contributed by atoms with Crippen LogP contribution in [0.25, 0.3) is 10.9 Å². The van der Waals surface area contributed by atoms with Crippen LogP contribution in [-0.4, -0.2) is 4.98 Å². The maximum absolute atomic E-state index is 6.38. The third kappa shape index (κ3) is 2.49. The van der Waals surface area contributed by atoms with E-state index in [1.165, 1.54) is 0 Å². The van der Waals surface area contributed by atoms with Crippen molar-refractivity contribution in [2.24, 2.45) is 0 Å². The Hall–Kier alpha value is -1.64. The number of H-pyrrole nitrogens is 1. The molecule has 0 amide bonds. The first-order chi connectivity index (χ1) is 9.65. The number of anilines is 1. The van der Waals surface area contributed by atoms with E-state index in [4.69, 9.17) is 23.2 Å². The Morgan fingerprint density at radius 2 is 1.90 bits per heavy atom. The molecule has 0 aliphatic carbocycles. The summed E-state index contributed by atoms with van der Waals surface area (Å²) in [7, 11) is 0. The van der Waals surface area contributed by atoms with Gasteiger partial charge in [-0.1, -0.05) is 47.5 Å². The minimum Gasteiger partial charge on any atom is -0.378 e. The predicted octanol–water partition coefficient (Wildman–Crippen LogP) is 5.40. The molecule has 1 aromatic heterocycles. The number of para-hydroxylation sites is 1. The number of aromatic nitrogens is 1. The summed E-state index contributed by atoms with van der Waals surface area (Å²) in [6.45, 7) is 2.63. The molecule has 0 atom stereocenters. The maximum atomic E-state index is 6.38. The van der Waals surface area contributed by atoms with E-state index in [0.717, 1.165) is 37.9 Å². The molecule has 4 heteroatoms. The average Bonchev–Trinajstić information content (AvgIpc) is 2.75. The number of rotatable bonds is 3. The van der Waals surface area contributed by atoms with Crippen LogP contribution in [0.15, 0.2) is 42.5 Å². The zero-order chi connectivity index (χ0) is 14.1. The topological polar surface area (TPSA) is 27.8 Å². The summed E-state index contributed by atoms with van der Waals surface area (Å²) in [5.41, 5.74) is 4.06. The number of hydrogen-bond acceptors (Lipinski definition) is 1. The largest absolute Gasteiger partial charge is 0.378 e. The van der Waals surface area contributed by atoms with E-state index in [1.54, 1.807) is 0 Å². The summed E-state index contributed by atoms with van der Waals surface area (Å²) >= 11 is 12.6. The first-order valence-corrected chi connectivity index (χ1v) is 7.16. The van der Waals surface area contributed by atoms with Crippen LogP contribution in [0.4, 0.5) is 5.69 Å². The highest BCUT2D eigenvalue weighted by atomic mass is 35.5. The van der Waals surface area contributed by atoms with Crippen LogP contribution in [0.2, 0.25) is 10.0 Å². The first kappa shape index (κ1) is 13.3. The van der Waals surface area contributed by atoms with Gasteiger partial charge in [0.15, 0.2) is 0 Å². The number of fused-ring (bicyclic) bond motifs is 1. The molecule has 0 aliphatic heterocycles. The van der Waals surface area contributed by atoms with Crippen molar-refractivity contribution in [2.45, 2.75) is 13.5 Å². The lowest BCUT2D eigenvalue weighted by molar-refractivity contribution is 1.08. The lowest BCUT2D eigenvalue weighted by Gasteiger charge is -2.08. The van der Waals surface area contributed by atoms with Crippen molar-refractivity contribution in [2.75, 3.05) is 5.32 Å². The molecule has 0 fully saturated rings. The molecular formula is C16H14Cl2N2. The standard InChI is InChI=1S/C16H14Cl2N2/c1-10-6-7-14(12(17)8-10)19-9-15-16(18)11-4-2-3-5-13(11)20-15/h2-8,19-20H,9H2,1H3. The van der Waals surface area contributed by atoms with E-state index in [2.05, 4.69) is 10.3 Å². The minimum atomic E-state index is 0.607. The predicted molar refractivity (Wildman–Crippen MR) is 86.8 cm³/mol. The highest BCUT2D eigenvalue weighted by molar-refractivity contribution is 6.36. The summed E-state index contributed by atoms with van der Waals surface area (Å²) in [4.78, 5) is 3.33. The molecular weight excluding hydrogens is 291 g/mol. The Balaban J connectivity index is 1.85. The molecule has 0 bridgehead atoms. The van der Waals surface area contributed by atoms with Crippen LogP contribution in [0.1, 0.15) is 11.3 Å². The van der Waals surface area contributed by atoms with E-state index in [0.29, 0.717) is 6.54 Å². The molecule has 0 saturated heterocycles. The van der Waals surface area contributed by atoms with Crippen molar-refractivity contribution < 1.29 is 0 Å². The van der Waals surface area contributed by atoms with Gasteiger partial charge in [0.1, 0.15) is 0 Å². The zero-order valence-corrected chi connectivity index (χ0v) is 12.5. The second-order valence-electron chi connectivity index (χ2n) is 4.80. The highest BCUT2D eigenvalue weighted by Gasteiger charge is 2.09. The lowest BCUT2D eigenvalue weighted by Crippen LogP contribution is -2.00. The molecule has 0 aliphatic rings. The third-order valence-corrected chi connectivity index (χ3v) is 4.04. The third-order valence-electron chi connectivity index (χ3n) is 3.29. The van der Waals surface area contributed by atoms with E-state index in [9.17, 15) is 0 Å². The van der Waals surface area contributed by atoms with Gasteiger partial charge in [-0.15, -0.1) is 0 Å². The van der Waals surface area contributed by atoms with Gasteiger partial charge >= 0.3 is 0 Å². The number of aromatic amines is 1. The van der Waals surface area contributed by atoms with Crippen molar-refractivity contribution >= 4 is 39.8 Å². The smallest absolute Gasteiger partial charge is 0.0710 e. The number of halogens is 2. The van der Waals surface area contributed by atoms with Crippen LogP contribution >= 0.6 is 23.2 Å². The second kappa shape index (κ2) is 5.39. The summed E-state index contributed by atoms with van der Waals surface area (Å²) in [6, 6.07) is 13.9. The fourth-order valence-electron chi connectivity index (χ4n) is 2.23. The Morgan fingerprint density at radius 1 is 1.10 bits per heavy atom. The zero-order valence-electron chi connectivity index (χ0n) is 11.0. The van der Waals surface area contributed by atoms with Crippen molar-refractivity contribution in [1.82, 2.24) is 4.98 Å². The van der Waals surface area contributed by atoms with Crippen LogP contribution in [0.5, 0.6) is 0 Å². The number of aryl methyl sites for hydroxylation is 1. The molecule has 20 heavy (non-hydrogen) atoms. The number of hydrogen-bond donors (Lipinski definition) is 2. The highest BCUT2D eigenvalue weighted by Crippen LogP contribution is 2.29. The molecule has 0 saturated carbocycles. The first-order valence-electron chi connectivity index (χ1n) is 6.40. The normalized spacial score (nSPS) is 10.9. The lowest BCUT2D eigenvalue weighted by atomic mass is 10.2. The van der Waals surface area contributed by atoms with Gasteiger partial charge in [0.2, 0.25) is 0 Å². The Kier molecular flexibility index (Phi) is 3.60. The van der Waals surface area contributed by atoms with Gasteiger partial charge in [0, 0.05) is 10.9 Å². The van der Waals surface area contributed by atoms with Crippen molar-refractivity contribution in [3.05, 3.63) is 63.8 Å². The summed E-state index contributed by atoms with van der Waals surface area (Å²) in [6.07, 6.45) is 0. The number of nitrogens with one attached hydrogen (secondary N) is 2. The van der Waals surface area contributed by atoms with Gasteiger partial charge in [0.05, 0.1) is 28.0 Å². The quantitative estimate of drug-likeness (QED) is 0.666. The van der Waals surface area contributed by atoms with Crippen molar-refractivity contribution in [3.63, 3.8) is 0 Å². The maximum Gasteiger partial charge on any atom is 0.0710 e. The van der Waals surface area contributed by atoms with Gasteiger partial charge in [-0.25, -0.2) is 0 Å². The summed E-state index contributed by atoms with van der Waals surface area (Å²) in [5, 5.41) is 5.83. The van der Waals surface area contributed by atoms with Gasteiger partial charge < -0.3 is 10.3 Å². The monoisotopic (exact) mass is 304 g/mol. The SMILES string of the molecule is Cc1ccc(NCc2[nH]c3ccccc3c2Cl)c(Cl)c1. The minimum absolute atomic E-state index is 0.607. The van der Waals surface area contributed by atoms with E-state index < -0.39 is 0 Å². The van der Waals surface area contributed by atoms with Crippen LogP contribution in [-0.2, 0) is 6.54 Å². The number of benzene rings is 2. The van der Waals surface area contributed by atoms with E-state index >= 15 is 0 Å². The molecule has 3 rings (SSSR count). The fraction of sp³-hybridized carbons (Fsp3) is 0.125. The molecule has 0 radical (unpaired) electrons. The van der Waals surface area contributed by atoms with Crippen LogP contribution in [0, 0.1) is 6.92 Å². The summed E-state index contributed by atoms with van der Waals surface area (Å²) < 4.78 is 0. The van der Waals surface area contributed by atoms with Gasteiger partial charge in [-0.3, -0.25) is 0 Å². The molecule has 0 unspecified atom stereocenters. The Morgan fingerprint density at radius 3 is 2.65 bits per heavy atom. The summed E-state index contributed by atoms with van der Waals surface area (Å²) in [5.74, 6) is 0. The average molecular weight is 305 g/mol. The van der Waals surface area contributed by atoms with Gasteiger partial charge in [-0.2, -0.15) is 0 Å². The fourth-order valence-corrected chi connectivity index (χ4v) is 2.81. The van der Waals surface area contributed by atoms with E-state index in [-0.39, 0.29) is 0 Å².